The molecule has 8 heteroatoms. The van der Waals surface area contributed by atoms with E-state index in [2.05, 4.69) is 0 Å². The summed E-state index contributed by atoms with van der Waals surface area (Å²) < 4.78 is 17.3. The molecule has 172 valence electrons. The van der Waals surface area contributed by atoms with Gasteiger partial charge in [-0.05, 0) is 54.8 Å². The number of fused-ring (bicyclic) bond motifs is 1. The highest BCUT2D eigenvalue weighted by Crippen LogP contribution is 2.39. The molecular formula is C25H25NO7. The van der Waals surface area contributed by atoms with Crippen LogP contribution in [0.25, 0.3) is 0 Å². The Morgan fingerprint density at radius 2 is 1.82 bits per heavy atom. The summed E-state index contributed by atoms with van der Waals surface area (Å²) in [6, 6.07) is 13.5. The third kappa shape index (κ3) is 4.64. The van der Waals surface area contributed by atoms with E-state index < -0.39 is 11.9 Å². The van der Waals surface area contributed by atoms with E-state index in [1.54, 1.807) is 54.0 Å². The van der Waals surface area contributed by atoms with Crippen molar-refractivity contribution in [2.75, 3.05) is 13.9 Å². The lowest BCUT2D eigenvalue weighted by molar-refractivity contribution is -0.140. The number of nitrogens with zero attached hydrogens (tertiary/aromatic N) is 1. The monoisotopic (exact) mass is 451 g/mol. The molecule has 1 atom stereocenters. The molecule has 4 rings (SSSR count). The van der Waals surface area contributed by atoms with Gasteiger partial charge in [0.15, 0.2) is 11.5 Å². The van der Waals surface area contributed by atoms with Gasteiger partial charge in [-0.1, -0.05) is 18.2 Å². The number of hydrogen-bond donors (Lipinski definition) is 2. The average Bonchev–Trinajstić information content (AvgIpc) is 3.27. The van der Waals surface area contributed by atoms with Gasteiger partial charge in [0.2, 0.25) is 6.79 Å². The predicted molar refractivity (Wildman–Crippen MR) is 120 cm³/mol. The summed E-state index contributed by atoms with van der Waals surface area (Å²) in [7, 11) is 1.28. The maximum absolute atomic E-state index is 13.6. The standard InChI is InChI=1S/C25H25NO7/c1-15-11-20(28)24(25(30)26(15)10-9-16-3-6-18(27)7-4-16)19(13-23(29)31-2)17-5-8-21-22(12-17)33-14-32-21/h3-8,11-12,19,27-28H,9-10,13-14H2,1-2H3/t19-/m0/s1. The number of aromatic nitrogens is 1. The number of ether oxygens (including phenoxy) is 3. The molecule has 0 aliphatic carbocycles. The van der Waals surface area contributed by atoms with Crippen LogP contribution in [-0.4, -0.2) is 34.7 Å². The Labute approximate surface area is 190 Å². The number of aromatic hydroxyl groups is 2. The number of esters is 1. The fourth-order valence-electron chi connectivity index (χ4n) is 4.04. The first kappa shape index (κ1) is 22.3. The van der Waals surface area contributed by atoms with Crippen molar-refractivity contribution in [2.45, 2.75) is 32.2 Å². The number of phenols is 1. The maximum Gasteiger partial charge on any atom is 0.306 e. The summed E-state index contributed by atoms with van der Waals surface area (Å²) in [5, 5.41) is 20.3. The number of benzene rings is 2. The van der Waals surface area contributed by atoms with Gasteiger partial charge in [-0.25, -0.2) is 0 Å². The van der Waals surface area contributed by atoms with Crippen LogP contribution in [0.2, 0.25) is 0 Å². The molecule has 2 aromatic carbocycles. The van der Waals surface area contributed by atoms with Gasteiger partial charge in [0.25, 0.3) is 5.56 Å². The fraction of sp³-hybridized carbons (Fsp3) is 0.280. The molecule has 33 heavy (non-hydrogen) atoms. The minimum Gasteiger partial charge on any atom is -0.508 e. The summed E-state index contributed by atoms with van der Waals surface area (Å²) in [5.41, 5.74) is 1.93. The third-order valence-electron chi connectivity index (χ3n) is 5.83. The quantitative estimate of drug-likeness (QED) is 0.531. The first-order valence-corrected chi connectivity index (χ1v) is 10.5. The van der Waals surface area contributed by atoms with Gasteiger partial charge in [-0.3, -0.25) is 9.59 Å². The van der Waals surface area contributed by atoms with Crippen LogP contribution in [-0.2, 0) is 22.5 Å². The first-order chi connectivity index (χ1) is 15.9. The second-order valence-corrected chi connectivity index (χ2v) is 7.90. The molecule has 8 nitrogen and oxygen atoms in total. The van der Waals surface area contributed by atoms with E-state index in [0.29, 0.717) is 35.7 Å². The van der Waals surface area contributed by atoms with E-state index in [4.69, 9.17) is 14.2 Å². The largest absolute Gasteiger partial charge is 0.508 e. The number of methoxy groups -OCH3 is 1. The van der Waals surface area contributed by atoms with Crippen LogP contribution in [0.3, 0.4) is 0 Å². The lowest BCUT2D eigenvalue weighted by atomic mass is 9.88. The second kappa shape index (κ2) is 9.28. The Morgan fingerprint density at radius 1 is 1.09 bits per heavy atom. The van der Waals surface area contributed by atoms with Crippen molar-refractivity contribution in [1.29, 1.82) is 0 Å². The normalized spacial score (nSPS) is 13.0. The van der Waals surface area contributed by atoms with Crippen molar-refractivity contribution in [3.8, 4) is 23.0 Å². The zero-order valence-electron chi connectivity index (χ0n) is 18.4. The Hall–Kier alpha value is -3.94. The van der Waals surface area contributed by atoms with Crippen LogP contribution in [0.4, 0.5) is 0 Å². The Bertz CT molecular complexity index is 1230. The van der Waals surface area contributed by atoms with Gasteiger partial charge in [-0.2, -0.15) is 0 Å². The number of phenolic OH excluding ortho intramolecular Hbond substituents is 1. The second-order valence-electron chi connectivity index (χ2n) is 7.90. The summed E-state index contributed by atoms with van der Waals surface area (Å²) >= 11 is 0. The van der Waals surface area contributed by atoms with E-state index in [1.807, 2.05) is 0 Å². The van der Waals surface area contributed by atoms with E-state index in [9.17, 15) is 19.8 Å². The lowest BCUT2D eigenvalue weighted by Crippen LogP contribution is -2.29. The van der Waals surface area contributed by atoms with Crippen LogP contribution in [0, 0.1) is 6.92 Å². The number of pyridine rings is 1. The van der Waals surface area contributed by atoms with E-state index in [0.717, 1.165) is 5.56 Å². The van der Waals surface area contributed by atoms with Crippen LogP contribution in [0.1, 0.15) is 34.7 Å². The molecule has 0 saturated carbocycles. The molecule has 0 bridgehead atoms. The number of hydrogen-bond acceptors (Lipinski definition) is 7. The highest BCUT2D eigenvalue weighted by Gasteiger charge is 2.28. The van der Waals surface area contributed by atoms with Gasteiger partial charge in [0.1, 0.15) is 11.5 Å². The number of rotatable bonds is 7. The van der Waals surface area contributed by atoms with E-state index in [-0.39, 0.29) is 35.8 Å². The van der Waals surface area contributed by atoms with E-state index >= 15 is 0 Å². The topological polar surface area (TPSA) is 107 Å². The van der Waals surface area contributed by atoms with Gasteiger partial charge < -0.3 is 29.0 Å². The van der Waals surface area contributed by atoms with Crippen LogP contribution >= 0.6 is 0 Å². The van der Waals surface area contributed by atoms with Crippen molar-refractivity contribution in [3.63, 3.8) is 0 Å². The van der Waals surface area contributed by atoms with Crippen molar-refractivity contribution in [3.05, 3.63) is 81.3 Å². The number of carbonyl (C=O) groups is 1. The summed E-state index contributed by atoms with van der Waals surface area (Å²) in [6.45, 7) is 2.21. The fourth-order valence-corrected chi connectivity index (χ4v) is 4.04. The van der Waals surface area contributed by atoms with Gasteiger partial charge >= 0.3 is 5.97 Å². The number of carbonyl (C=O) groups excluding carboxylic acids is 1. The lowest BCUT2D eigenvalue weighted by Gasteiger charge is -2.21. The minimum absolute atomic E-state index is 0.0975. The van der Waals surface area contributed by atoms with Gasteiger partial charge in [-0.15, -0.1) is 0 Å². The highest BCUT2D eigenvalue weighted by atomic mass is 16.7. The van der Waals surface area contributed by atoms with Gasteiger partial charge in [0, 0.05) is 18.2 Å². The molecule has 1 aliphatic heterocycles. The Morgan fingerprint density at radius 3 is 2.55 bits per heavy atom. The zero-order chi connectivity index (χ0) is 23.5. The molecule has 0 saturated heterocycles. The summed E-state index contributed by atoms with van der Waals surface area (Å²) in [4.78, 5) is 25.8. The molecule has 1 aliphatic rings. The van der Waals surface area contributed by atoms with Crippen molar-refractivity contribution < 1.29 is 29.2 Å². The van der Waals surface area contributed by atoms with Crippen LogP contribution in [0.5, 0.6) is 23.0 Å². The molecular weight excluding hydrogens is 426 g/mol. The van der Waals surface area contributed by atoms with Crippen molar-refractivity contribution in [2.24, 2.45) is 0 Å². The Balaban J connectivity index is 1.74. The van der Waals surface area contributed by atoms with Crippen LogP contribution in [0.15, 0.2) is 53.3 Å². The minimum atomic E-state index is -0.736. The maximum atomic E-state index is 13.6. The van der Waals surface area contributed by atoms with Crippen molar-refractivity contribution >= 4 is 5.97 Å². The predicted octanol–water partition coefficient (Wildman–Crippen LogP) is 3.23. The summed E-state index contributed by atoms with van der Waals surface area (Å²) in [6.07, 6.45) is 0.427. The number of aryl methyl sites for hydroxylation is 2. The third-order valence-corrected chi connectivity index (χ3v) is 5.83. The SMILES string of the molecule is COC(=O)C[C@@H](c1ccc2c(c1)OCO2)c1c(O)cc(C)n(CCc2ccc(O)cc2)c1=O. The Kier molecular flexibility index (Phi) is 6.26. The molecule has 3 aromatic rings. The molecule has 0 radical (unpaired) electrons. The molecule has 2 N–H and O–H groups in total. The molecule has 0 fully saturated rings. The molecule has 1 aromatic heterocycles. The zero-order valence-corrected chi connectivity index (χ0v) is 18.4. The smallest absolute Gasteiger partial charge is 0.306 e. The molecule has 2 heterocycles. The first-order valence-electron chi connectivity index (χ1n) is 10.5. The molecule has 0 spiro atoms. The van der Waals surface area contributed by atoms with E-state index in [1.165, 1.54) is 13.2 Å². The van der Waals surface area contributed by atoms with Gasteiger partial charge in [0.05, 0.1) is 19.1 Å². The molecule has 0 amide bonds. The average molecular weight is 451 g/mol. The van der Waals surface area contributed by atoms with Crippen LogP contribution < -0.4 is 15.0 Å². The summed E-state index contributed by atoms with van der Waals surface area (Å²) in [5.74, 6) is -0.150. The van der Waals surface area contributed by atoms with Crippen molar-refractivity contribution in [1.82, 2.24) is 4.57 Å². The molecule has 0 unspecified atom stereocenters. The highest BCUT2D eigenvalue weighted by molar-refractivity contribution is 5.71.